The zero-order valence-corrected chi connectivity index (χ0v) is 8.30. The number of halogens is 1. The third kappa shape index (κ3) is 4.25. The fraction of sp³-hybridized carbons (Fsp3) is 0.500. The van der Waals surface area contributed by atoms with E-state index in [1.807, 2.05) is 6.08 Å². The van der Waals surface area contributed by atoms with Gasteiger partial charge in [-0.05, 0) is 18.4 Å². The zero-order valence-electron chi connectivity index (χ0n) is 8.30. The molecule has 14 heavy (non-hydrogen) atoms. The number of rotatable bonds is 5. The third-order valence-electron chi connectivity index (χ3n) is 2.12. The molecule has 1 N–H and O–H groups in total. The Hall–Kier alpha value is -1.07. The highest BCUT2D eigenvalue weighted by molar-refractivity contribution is 5.22. The maximum atomic E-state index is 13.3. The molecule has 1 aliphatic carbocycles. The minimum absolute atomic E-state index is 0.343. The van der Waals surface area contributed by atoms with Gasteiger partial charge in [-0.25, -0.2) is 4.39 Å². The molecular formula is C12H16FN. The highest BCUT2D eigenvalue weighted by Crippen LogP contribution is 2.15. The molecule has 2 heteroatoms. The van der Waals surface area contributed by atoms with Crippen molar-refractivity contribution in [3.63, 3.8) is 0 Å². The molecule has 0 amide bonds. The quantitative estimate of drug-likeness (QED) is 0.521. The normalized spacial score (nSPS) is 17.3. The van der Waals surface area contributed by atoms with Crippen LogP contribution < -0.4 is 5.32 Å². The fourth-order valence-corrected chi connectivity index (χ4v) is 1.45. The molecule has 0 aromatic rings. The summed E-state index contributed by atoms with van der Waals surface area (Å²) in [6.07, 6.45) is 13.0. The van der Waals surface area contributed by atoms with E-state index >= 15 is 0 Å². The van der Waals surface area contributed by atoms with Gasteiger partial charge in [-0.3, -0.25) is 0 Å². The van der Waals surface area contributed by atoms with E-state index in [4.69, 9.17) is 6.42 Å². The van der Waals surface area contributed by atoms with Crippen molar-refractivity contribution >= 4 is 0 Å². The molecule has 76 valence electrons. The van der Waals surface area contributed by atoms with Gasteiger partial charge in [0.1, 0.15) is 6.17 Å². The molecule has 1 atom stereocenters. The second-order valence-corrected chi connectivity index (χ2v) is 3.40. The lowest BCUT2D eigenvalue weighted by molar-refractivity contribution is 0.322. The summed E-state index contributed by atoms with van der Waals surface area (Å²) in [6.45, 7) is 0.782. The summed E-state index contributed by atoms with van der Waals surface area (Å²) < 4.78 is 13.3. The summed E-state index contributed by atoms with van der Waals surface area (Å²) in [5.41, 5.74) is 1.10. The van der Waals surface area contributed by atoms with Crippen LogP contribution in [0.3, 0.4) is 0 Å². The Labute approximate surface area is 85.1 Å². The van der Waals surface area contributed by atoms with E-state index in [-0.39, 0.29) is 0 Å². The number of allylic oxidation sites excluding steroid dienone is 4. The highest BCUT2D eigenvalue weighted by atomic mass is 19.1. The van der Waals surface area contributed by atoms with E-state index in [0.717, 1.165) is 18.4 Å². The summed E-state index contributed by atoms with van der Waals surface area (Å²) in [6, 6.07) is 0. The molecule has 0 bridgehead atoms. The van der Waals surface area contributed by atoms with Gasteiger partial charge in [0.2, 0.25) is 0 Å². The lowest BCUT2D eigenvalue weighted by Gasteiger charge is -2.11. The summed E-state index contributed by atoms with van der Waals surface area (Å²) >= 11 is 0. The molecule has 0 spiro atoms. The van der Waals surface area contributed by atoms with Crippen LogP contribution in [0.5, 0.6) is 0 Å². The SMILES string of the molecule is C#CCNCC(F)CC1=CCCC=C1. The number of alkyl halides is 1. The lowest BCUT2D eigenvalue weighted by Crippen LogP contribution is -2.24. The second-order valence-electron chi connectivity index (χ2n) is 3.40. The smallest absolute Gasteiger partial charge is 0.117 e. The van der Waals surface area contributed by atoms with Gasteiger partial charge in [-0.15, -0.1) is 6.42 Å². The van der Waals surface area contributed by atoms with Crippen molar-refractivity contribution in [1.29, 1.82) is 0 Å². The monoisotopic (exact) mass is 193 g/mol. The van der Waals surface area contributed by atoms with Gasteiger partial charge < -0.3 is 5.32 Å². The first kappa shape index (κ1) is 11.0. The first-order valence-electron chi connectivity index (χ1n) is 4.96. The molecule has 0 fully saturated rings. The van der Waals surface area contributed by atoms with Crippen molar-refractivity contribution in [3.8, 4) is 12.3 Å². The summed E-state index contributed by atoms with van der Waals surface area (Å²) in [7, 11) is 0. The van der Waals surface area contributed by atoms with Crippen LogP contribution in [0.1, 0.15) is 19.3 Å². The van der Waals surface area contributed by atoms with E-state index in [0.29, 0.717) is 19.5 Å². The molecule has 0 radical (unpaired) electrons. The molecule has 0 aromatic carbocycles. The van der Waals surface area contributed by atoms with Crippen LogP contribution in [0.4, 0.5) is 4.39 Å². The Morgan fingerprint density at radius 1 is 1.57 bits per heavy atom. The molecule has 1 aliphatic rings. The van der Waals surface area contributed by atoms with Gasteiger partial charge in [0.15, 0.2) is 0 Å². The van der Waals surface area contributed by atoms with Crippen LogP contribution in [0.25, 0.3) is 0 Å². The first-order chi connectivity index (χ1) is 6.83. The zero-order chi connectivity index (χ0) is 10.2. The van der Waals surface area contributed by atoms with Crippen molar-refractivity contribution in [2.24, 2.45) is 0 Å². The predicted octanol–water partition coefficient (Wildman–Crippen LogP) is 2.21. The molecule has 0 saturated heterocycles. The minimum atomic E-state index is -0.836. The largest absolute Gasteiger partial charge is 0.303 e. The van der Waals surface area contributed by atoms with E-state index in [1.165, 1.54) is 0 Å². The Balaban J connectivity index is 2.20. The number of hydrogen-bond donors (Lipinski definition) is 1. The topological polar surface area (TPSA) is 12.0 Å². The molecule has 1 unspecified atom stereocenters. The Morgan fingerprint density at radius 2 is 2.43 bits per heavy atom. The average molecular weight is 193 g/mol. The molecule has 1 nitrogen and oxygen atoms in total. The Morgan fingerprint density at radius 3 is 3.07 bits per heavy atom. The molecule has 1 rings (SSSR count). The third-order valence-corrected chi connectivity index (χ3v) is 2.12. The Bertz CT molecular complexity index is 260. The predicted molar refractivity (Wildman–Crippen MR) is 57.7 cm³/mol. The maximum Gasteiger partial charge on any atom is 0.117 e. The number of hydrogen-bond acceptors (Lipinski definition) is 1. The van der Waals surface area contributed by atoms with Crippen LogP contribution in [0.15, 0.2) is 23.8 Å². The minimum Gasteiger partial charge on any atom is -0.303 e. The average Bonchev–Trinajstić information content (AvgIpc) is 2.20. The van der Waals surface area contributed by atoms with Gasteiger partial charge in [-0.1, -0.05) is 24.1 Å². The number of terminal acetylenes is 1. The van der Waals surface area contributed by atoms with Gasteiger partial charge in [0, 0.05) is 13.0 Å². The van der Waals surface area contributed by atoms with Crippen molar-refractivity contribution in [2.75, 3.05) is 13.1 Å². The molecule has 0 saturated carbocycles. The van der Waals surface area contributed by atoms with E-state index in [2.05, 4.69) is 23.4 Å². The standard InChI is InChI=1S/C12H16FN/c1-2-8-14-10-12(13)9-11-6-4-3-5-7-11/h1,4,6-7,12,14H,3,5,8-10H2. The molecule has 0 heterocycles. The fourth-order valence-electron chi connectivity index (χ4n) is 1.45. The summed E-state index contributed by atoms with van der Waals surface area (Å²) in [5.74, 6) is 2.42. The van der Waals surface area contributed by atoms with Gasteiger partial charge in [0.05, 0.1) is 6.54 Å². The molecular weight excluding hydrogens is 177 g/mol. The van der Waals surface area contributed by atoms with Crippen molar-refractivity contribution in [2.45, 2.75) is 25.4 Å². The Kier molecular flexibility index (Phi) is 5.03. The van der Waals surface area contributed by atoms with Gasteiger partial charge in [0.25, 0.3) is 0 Å². The van der Waals surface area contributed by atoms with Gasteiger partial charge in [-0.2, -0.15) is 0 Å². The van der Waals surface area contributed by atoms with Crippen LogP contribution in [-0.4, -0.2) is 19.3 Å². The lowest BCUT2D eigenvalue weighted by atomic mass is 10.0. The first-order valence-corrected chi connectivity index (χ1v) is 4.96. The maximum absolute atomic E-state index is 13.3. The van der Waals surface area contributed by atoms with Crippen LogP contribution >= 0.6 is 0 Å². The van der Waals surface area contributed by atoms with Gasteiger partial charge >= 0.3 is 0 Å². The number of nitrogens with one attached hydrogen (secondary N) is 1. The van der Waals surface area contributed by atoms with Crippen LogP contribution in [0.2, 0.25) is 0 Å². The molecule has 0 aliphatic heterocycles. The highest BCUT2D eigenvalue weighted by Gasteiger charge is 2.08. The van der Waals surface area contributed by atoms with Crippen LogP contribution in [-0.2, 0) is 0 Å². The summed E-state index contributed by atoms with van der Waals surface area (Å²) in [5, 5.41) is 2.86. The summed E-state index contributed by atoms with van der Waals surface area (Å²) in [4.78, 5) is 0. The molecule has 0 aromatic heterocycles. The van der Waals surface area contributed by atoms with Crippen molar-refractivity contribution < 1.29 is 4.39 Å². The van der Waals surface area contributed by atoms with E-state index in [1.54, 1.807) is 0 Å². The van der Waals surface area contributed by atoms with Crippen molar-refractivity contribution in [3.05, 3.63) is 23.8 Å². The van der Waals surface area contributed by atoms with E-state index < -0.39 is 6.17 Å². The van der Waals surface area contributed by atoms with Crippen molar-refractivity contribution in [1.82, 2.24) is 5.32 Å². The van der Waals surface area contributed by atoms with Crippen LogP contribution in [0, 0.1) is 12.3 Å². The second kappa shape index (κ2) is 6.39. The van der Waals surface area contributed by atoms with E-state index in [9.17, 15) is 4.39 Å².